The Bertz CT molecular complexity index is 1120. The van der Waals surface area contributed by atoms with Crippen molar-refractivity contribution in [1.29, 1.82) is 0 Å². The Kier molecular flexibility index (Phi) is 9.84. The van der Waals surface area contributed by atoms with Gasteiger partial charge in [0.2, 0.25) is 0 Å². The first-order valence-corrected chi connectivity index (χ1v) is 20.6. The summed E-state index contributed by atoms with van der Waals surface area (Å²) in [6.07, 6.45) is 6.90. The van der Waals surface area contributed by atoms with Gasteiger partial charge in [0.05, 0.1) is 0 Å². The van der Waals surface area contributed by atoms with E-state index in [1.807, 2.05) is 36.4 Å². The second-order valence-electron chi connectivity index (χ2n) is 9.73. The Morgan fingerprint density at radius 2 is 1.46 bits per heavy atom. The number of anilines is 1. The fraction of sp³-hybridized carbons (Fsp3) is 0.448. The van der Waals surface area contributed by atoms with Gasteiger partial charge in [-0.1, -0.05) is 0 Å². The average Bonchev–Trinajstić information content (AvgIpc) is 3.28. The number of carbonyl (C=O) groups is 2. The van der Waals surface area contributed by atoms with Crippen molar-refractivity contribution in [3.8, 4) is 0 Å². The number of carbonyl (C=O) groups excluding carboxylic acids is 1. The van der Waals surface area contributed by atoms with Crippen molar-refractivity contribution in [2.45, 2.75) is 72.6 Å². The van der Waals surface area contributed by atoms with E-state index in [9.17, 15) is 14.7 Å². The molecule has 188 valence electrons. The van der Waals surface area contributed by atoms with Gasteiger partial charge in [-0.25, -0.2) is 0 Å². The molecular weight excluding hydrogens is 543 g/mol. The van der Waals surface area contributed by atoms with Gasteiger partial charge in [0.25, 0.3) is 0 Å². The van der Waals surface area contributed by atoms with E-state index in [0.29, 0.717) is 16.8 Å². The van der Waals surface area contributed by atoms with Crippen LogP contribution in [-0.4, -0.2) is 47.4 Å². The van der Waals surface area contributed by atoms with Gasteiger partial charge >= 0.3 is 214 Å². The number of fused-ring (bicyclic) bond motifs is 1. The standard InChI is InChI=1S/C17H13N2O3.3C4H9.Sn/c1-19(16(20)11-5-3-2-4-6-11)12-7-8-15-13(9-12)14(10-18-15)17(21)22;3*1-3-4-2;/h2-9,18H,1H3,(H,21,22);3*1,3-4H2,2H3;. The molecule has 3 aromatic rings. The quantitative estimate of drug-likeness (QED) is 0.209. The van der Waals surface area contributed by atoms with E-state index in [4.69, 9.17) is 0 Å². The van der Waals surface area contributed by atoms with E-state index in [1.165, 1.54) is 13.3 Å². The summed E-state index contributed by atoms with van der Waals surface area (Å²) in [6.45, 7) is 6.68. The van der Waals surface area contributed by atoms with Gasteiger partial charge in [0, 0.05) is 0 Å². The van der Waals surface area contributed by atoms with E-state index in [0.717, 1.165) is 53.1 Å². The van der Waals surface area contributed by atoms with Gasteiger partial charge < -0.3 is 0 Å². The Morgan fingerprint density at radius 1 is 0.886 bits per heavy atom. The van der Waals surface area contributed by atoms with Crippen molar-refractivity contribution in [1.82, 2.24) is 4.98 Å². The number of unbranched alkanes of at least 4 members (excludes halogenated alkanes) is 3. The summed E-state index contributed by atoms with van der Waals surface area (Å²) in [5.41, 5.74) is 2.64. The summed E-state index contributed by atoms with van der Waals surface area (Å²) in [6, 6.07) is 14.9. The molecule has 0 aliphatic rings. The fourth-order valence-corrected chi connectivity index (χ4v) is 21.6. The molecular formula is C29H40N2O3Sn. The van der Waals surface area contributed by atoms with Gasteiger partial charge in [0.1, 0.15) is 0 Å². The number of nitrogens with zero attached hydrogens (tertiary/aromatic N) is 1. The van der Waals surface area contributed by atoms with Gasteiger partial charge in [-0.2, -0.15) is 0 Å². The summed E-state index contributed by atoms with van der Waals surface area (Å²) in [7, 11) is 1.75. The van der Waals surface area contributed by atoms with E-state index < -0.39 is 24.3 Å². The molecule has 0 atom stereocenters. The minimum atomic E-state index is -3.02. The number of hydrogen-bond acceptors (Lipinski definition) is 2. The zero-order chi connectivity index (χ0) is 25.4. The zero-order valence-corrected chi connectivity index (χ0v) is 24.5. The number of hydrogen-bond donors (Lipinski definition) is 2. The van der Waals surface area contributed by atoms with Crippen molar-refractivity contribution < 1.29 is 14.7 Å². The van der Waals surface area contributed by atoms with Crippen LogP contribution in [0.4, 0.5) is 5.69 Å². The van der Waals surface area contributed by atoms with Crippen LogP contribution in [0, 0.1) is 0 Å². The van der Waals surface area contributed by atoms with Crippen LogP contribution in [0.5, 0.6) is 0 Å². The molecule has 0 unspecified atom stereocenters. The molecule has 6 heteroatoms. The van der Waals surface area contributed by atoms with Crippen molar-refractivity contribution in [3.63, 3.8) is 0 Å². The molecule has 1 amide bonds. The van der Waals surface area contributed by atoms with Gasteiger partial charge in [-0.3, -0.25) is 0 Å². The number of carboxylic acid groups (broad SMARTS) is 1. The Hall–Kier alpha value is -2.28. The third-order valence-electron chi connectivity index (χ3n) is 7.27. The molecule has 2 N–H and O–H groups in total. The summed E-state index contributed by atoms with van der Waals surface area (Å²) >= 11 is -3.02. The Balaban J connectivity index is 2.14. The fourth-order valence-electron chi connectivity index (χ4n) is 5.20. The van der Waals surface area contributed by atoms with Crippen LogP contribution in [0.3, 0.4) is 0 Å². The summed E-state index contributed by atoms with van der Waals surface area (Å²) < 4.78 is 4.65. The summed E-state index contributed by atoms with van der Waals surface area (Å²) in [4.78, 5) is 31.0. The zero-order valence-electron chi connectivity index (χ0n) is 21.7. The predicted molar refractivity (Wildman–Crippen MR) is 149 cm³/mol. The topological polar surface area (TPSA) is 73.4 Å². The molecule has 0 spiro atoms. The van der Waals surface area contributed by atoms with Gasteiger partial charge in [0.15, 0.2) is 0 Å². The number of amides is 1. The van der Waals surface area contributed by atoms with Crippen molar-refractivity contribution >= 4 is 50.6 Å². The SMILES string of the molecule is CCC[CH2][Sn]([CH2]CCC)([CH2]CCC)[c]1[nH]c2ccc(N(C)C(=O)c3ccccc3)cc2c1C(=O)O. The maximum atomic E-state index is 13.0. The molecule has 0 aliphatic heterocycles. The van der Waals surface area contributed by atoms with Gasteiger partial charge in [-0.05, 0) is 0 Å². The normalized spacial score (nSPS) is 11.7. The Morgan fingerprint density at radius 3 is 1.97 bits per heavy atom. The number of H-pyrrole nitrogens is 1. The molecule has 1 aromatic heterocycles. The molecule has 1 heterocycles. The molecule has 0 saturated carbocycles. The van der Waals surface area contributed by atoms with E-state index in [1.54, 1.807) is 24.1 Å². The second kappa shape index (κ2) is 12.6. The van der Waals surface area contributed by atoms with Crippen molar-refractivity contribution in [2.24, 2.45) is 0 Å². The third-order valence-corrected chi connectivity index (χ3v) is 22.6. The maximum absolute atomic E-state index is 13.0. The molecule has 0 aliphatic carbocycles. The number of aromatic nitrogens is 1. The molecule has 35 heavy (non-hydrogen) atoms. The first-order valence-electron chi connectivity index (χ1n) is 13.1. The number of aromatic carboxylic acids is 1. The van der Waals surface area contributed by atoms with Crippen molar-refractivity contribution in [2.75, 3.05) is 11.9 Å². The number of benzene rings is 2. The second-order valence-corrected chi connectivity index (χ2v) is 22.7. The van der Waals surface area contributed by atoms with Crippen LogP contribution in [-0.2, 0) is 0 Å². The Labute approximate surface area is 213 Å². The molecule has 3 rings (SSSR count). The molecule has 0 radical (unpaired) electrons. The molecule has 0 fully saturated rings. The number of nitrogens with one attached hydrogen (secondary N) is 1. The molecule has 2 aromatic carbocycles. The number of aromatic amines is 1. The average molecular weight is 583 g/mol. The van der Waals surface area contributed by atoms with Crippen LogP contribution >= 0.6 is 0 Å². The van der Waals surface area contributed by atoms with Crippen LogP contribution in [0.2, 0.25) is 13.3 Å². The van der Waals surface area contributed by atoms with E-state index >= 15 is 0 Å². The molecule has 0 saturated heterocycles. The number of carboxylic acids is 1. The first-order chi connectivity index (χ1) is 16.9. The third kappa shape index (κ3) is 6.11. The van der Waals surface area contributed by atoms with Crippen LogP contribution in [0.1, 0.15) is 80.0 Å². The van der Waals surface area contributed by atoms with E-state index in [2.05, 4.69) is 25.8 Å². The van der Waals surface area contributed by atoms with Crippen molar-refractivity contribution in [3.05, 3.63) is 59.7 Å². The first kappa shape index (κ1) is 27.3. The summed E-state index contributed by atoms with van der Waals surface area (Å²) in [5, 5.41) is 11.2. The van der Waals surface area contributed by atoms with E-state index in [-0.39, 0.29) is 5.91 Å². The summed E-state index contributed by atoms with van der Waals surface area (Å²) in [5.74, 6) is -0.967. The monoisotopic (exact) mass is 584 g/mol. The van der Waals surface area contributed by atoms with Crippen LogP contribution in [0.15, 0.2) is 48.5 Å². The molecule has 5 nitrogen and oxygen atoms in total. The number of rotatable bonds is 13. The minimum absolute atomic E-state index is 0.111. The van der Waals surface area contributed by atoms with Gasteiger partial charge in [-0.15, -0.1) is 0 Å². The van der Waals surface area contributed by atoms with Crippen LogP contribution in [0.25, 0.3) is 10.9 Å². The molecule has 0 bridgehead atoms. The predicted octanol–water partition coefficient (Wildman–Crippen LogP) is 7.20. The van der Waals surface area contributed by atoms with Crippen LogP contribution < -0.4 is 8.61 Å².